The Morgan fingerprint density at radius 2 is 1.70 bits per heavy atom. The van der Waals surface area contributed by atoms with E-state index >= 15 is 0 Å². The van der Waals surface area contributed by atoms with Crippen LogP contribution in [-0.2, 0) is 4.74 Å². The molecule has 2 rings (SSSR count). The summed E-state index contributed by atoms with van der Waals surface area (Å²) < 4.78 is 11.2. The van der Waals surface area contributed by atoms with Crippen LogP contribution in [0.4, 0.5) is 0 Å². The molecule has 2 aromatic rings. The van der Waals surface area contributed by atoms with Crippen molar-refractivity contribution in [1.82, 2.24) is 0 Å². The first-order valence-electron chi connectivity index (χ1n) is 7.46. The van der Waals surface area contributed by atoms with Gasteiger partial charge in [0, 0.05) is 6.61 Å². The van der Waals surface area contributed by atoms with Gasteiger partial charge >= 0.3 is 0 Å². The molecule has 0 aliphatic heterocycles. The number of hydrogen-bond acceptors (Lipinski definition) is 2. The maximum absolute atomic E-state index is 5.77. The van der Waals surface area contributed by atoms with Crippen molar-refractivity contribution in [3.8, 4) is 5.75 Å². The van der Waals surface area contributed by atoms with E-state index < -0.39 is 0 Å². The highest BCUT2D eigenvalue weighted by molar-refractivity contribution is 5.84. The first kappa shape index (κ1) is 14.9. The van der Waals surface area contributed by atoms with Crippen LogP contribution in [0, 0.1) is 0 Å². The molecule has 0 fully saturated rings. The van der Waals surface area contributed by atoms with Gasteiger partial charge in [-0.3, -0.25) is 0 Å². The summed E-state index contributed by atoms with van der Waals surface area (Å²) in [5.74, 6) is 1.45. The van der Waals surface area contributed by atoms with Gasteiger partial charge in [0.1, 0.15) is 5.75 Å². The maximum atomic E-state index is 5.77. The van der Waals surface area contributed by atoms with Gasteiger partial charge < -0.3 is 9.47 Å². The van der Waals surface area contributed by atoms with Gasteiger partial charge in [0.25, 0.3) is 0 Å². The standard InChI is InChI=1S/C18H24O2/c1-5-13(3)16-8-7-15-9-10-18(12-17(15)11-16)20-14(4)19-6-2/h7-14H,5-6H2,1-4H3. The molecule has 0 aromatic heterocycles. The van der Waals surface area contributed by atoms with Crippen molar-refractivity contribution in [2.45, 2.75) is 46.3 Å². The van der Waals surface area contributed by atoms with Crippen molar-refractivity contribution in [2.24, 2.45) is 0 Å². The van der Waals surface area contributed by atoms with Gasteiger partial charge in [-0.1, -0.05) is 38.1 Å². The van der Waals surface area contributed by atoms with Crippen LogP contribution in [0.5, 0.6) is 5.75 Å². The van der Waals surface area contributed by atoms with E-state index in [1.165, 1.54) is 16.3 Å². The van der Waals surface area contributed by atoms with Crippen LogP contribution in [-0.4, -0.2) is 12.9 Å². The summed E-state index contributed by atoms with van der Waals surface area (Å²) in [6, 6.07) is 12.9. The van der Waals surface area contributed by atoms with Crippen molar-refractivity contribution in [3.05, 3.63) is 42.0 Å². The molecule has 0 saturated carbocycles. The van der Waals surface area contributed by atoms with Crippen LogP contribution in [0.2, 0.25) is 0 Å². The van der Waals surface area contributed by atoms with Gasteiger partial charge in [-0.05, 0) is 54.7 Å². The van der Waals surface area contributed by atoms with Gasteiger partial charge in [0.15, 0.2) is 6.29 Å². The minimum Gasteiger partial charge on any atom is -0.465 e. The Hall–Kier alpha value is -1.54. The Bertz CT molecular complexity index is 562. The molecule has 0 aliphatic rings. The summed E-state index contributed by atoms with van der Waals surface area (Å²) in [7, 11) is 0. The van der Waals surface area contributed by atoms with Crippen LogP contribution >= 0.6 is 0 Å². The molecule has 2 unspecified atom stereocenters. The average molecular weight is 272 g/mol. The molecule has 2 heteroatoms. The number of hydrogen-bond donors (Lipinski definition) is 0. The molecule has 0 saturated heterocycles. The topological polar surface area (TPSA) is 18.5 Å². The lowest BCUT2D eigenvalue weighted by Gasteiger charge is -2.15. The van der Waals surface area contributed by atoms with Crippen molar-refractivity contribution in [2.75, 3.05) is 6.61 Å². The summed E-state index contributed by atoms with van der Waals surface area (Å²) in [4.78, 5) is 0. The Morgan fingerprint density at radius 1 is 0.950 bits per heavy atom. The molecule has 0 N–H and O–H groups in total. The summed E-state index contributed by atoms with van der Waals surface area (Å²) in [6.07, 6.45) is 0.943. The zero-order valence-electron chi connectivity index (χ0n) is 12.8. The zero-order chi connectivity index (χ0) is 14.5. The number of fused-ring (bicyclic) bond motifs is 1. The Labute approximate surface area is 121 Å². The SMILES string of the molecule is CCOC(C)Oc1ccc2ccc(C(C)CC)cc2c1. The number of rotatable bonds is 6. The molecule has 0 aliphatic carbocycles. The van der Waals surface area contributed by atoms with Gasteiger partial charge in [0.2, 0.25) is 0 Å². The average Bonchev–Trinajstić information content (AvgIpc) is 2.45. The predicted molar refractivity (Wildman–Crippen MR) is 84.4 cm³/mol. The molecule has 0 amide bonds. The molecule has 0 heterocycles. The Balaban J connectivity index is 2.26. The summed E-state index contributed by atoms with van der Waals surface area (Å²) >= 11 is 0. The van der Waals surface area contributed by atoms with Crippen LogP contribution in [0.25, 0.3) is 10.8 Å². The fourth-order valence-corrected chi connectivity index (χ4v) is 2.32. The van der Waals surface area contributed by atoms with E-state index in [1.54, 1.807) is 0 Å². The van der Waals surface area contributed by atoms with E-state index in [0.29, 0.717) is 12.5 Å². The van der Waals surface area contributed by atoms with Gasteiger partial charge in [0.05, 0.1) is 0 Å². The smallest absolute Gasteiger partial charge is 0.196 e. The third kappa shape index (κ3) is 3.51. The normalized spacial score (nSPS) is 14.2. The highest BCUT2D eigenvalue weighted by atomic mass is 16.7. The van der Waals surface area contributed by atoms with Crippen molar-refractivity contribution in [1.29, 1.82) is 0 Å². The molecule has 2 nitrogen and oxygen atoms in total. The van der Waals surface area contributed by atoms with Gasteiger partial charge in [-0.2, -0.15) is 0 Å². The minimum atomic E-state index is -0.213. The highest BCUT2D eigenvalue weighted by Gasteiger charge is 2.06. The molecule has 20 heavy (non-hydrogen) atoms. The number of ether oxygens (including phenoxy) is 2. The molecule has 0 radical (unpaired) electrons. The second-order valence-electron chi connectivity index (χ2n) is 5.22. The third-order valence-electron chi connectivity index (χ3n) is 3.72. The third-order valence-corrected chi connectivity index (χ3v) is 3.72. The highest BCUT2D eigenvalue weighted by Crippen LogP contribution is 2.27. The molecular formula is C18H24O2. The van der Waals surface area contributed by atoms with Crippen LogP contribution in [0.15, 0.2) is 36.4 Å². The van der Waals surface area contributed by atoms with Crippen molar-refractivity contribution >= 4 is 10.8 Å². The lowest BCUT2D eigenvalue weighted by molar-refractivity contribution is -0.0612. The Kier molecular flexibility index (Phi) is 5.02. The second-order valence-corrected chi connectivity index (χ2v) is 5.22. The minimum absolute atomic E-state index is 0.213. The fraction of sp³-hybridized carbons (Fsp3) is 0.444. The van der Waals surface area contributed by atoms with Crippen LogP contribution in [0.1, 0.15) is 45.6 Å². The maximum Gasteiger partial charge on any atom is 0.196 e. The molecule has 0 bridgehead atoms. The van der Waals surface area contributed by atoms with E-state index in [0.717, 1.165) is 12.2 Å². The van der Waals surface area contributed by atoms with E-state index in [4.69, 9.17) is 9.47 Å². The molecular weight excluding hydrogens is 248 g/mol. The quantitative estimate of drug-likeness (QED) is 0.680. The second kappa shape index (κ2) is 6.76. The van der Waals surface area contributed by atoms with E-state index in [-0.39, 0.29) is 6.29 Å². The van der Waals surface area contributed by atoms with Gasteiger partial charge in [-0.25, -0.2) is 0 Å². The lowest BCUT2D eigenvalue weighted by atomic mass is 9.96. The number of benzene rings is 2. The summed E-state index contributed by atoms with van der Waals surface area (Å²) in [5, 5.41) is 2.47. The van der Waals surface area contributed by atoms with E-state index in [2.05, 4.69) is 44.2 Å². The first-order chi connectivity index (χ1) is 9.63. The molecule has 0 spiro atoms. The molecule has 2 aromatic carbocycles. The monoisotopic (exact) mass is 272 g/mol. The summed E-state index contributed by atoms with van der Waals surface area (Å²) in [6.45, 7) is 9.03. The summed E-state index contributed by atoms with van der Waals surface area (Å²) in [5.41, 5.74) is 1.38. The lowest BCUT2D eigenvalue weighted by Crippen LogP contribution is -2.15. The Morgan fingerprint density at radius 3 is 2.40 bits per heavy atom. The molecule has 108 valence electrons. The van der Waals surface area contributed by atoms with Gasteiger partial charge in [-0.15, -0.1) is 0 Å². The van der Waals surface area contributed by atoms with Crippen molar-refractivity contribution in [3.63, 3.8) is 0 Å². The van der Waals surface area contributed by atoms with E-state index in [1.807, 2.05) is 19.9 Å². The largest absolute Gasteiger partial charge is 0.465 e. The van der Waals surface area contributed by atoms with Crippen LogP contribution in [0.3, 0.4) is 0 Å². The van der Waals surface area contributed by atoms with Crippen LogP contribution < -0.4 is 4.74 Å². The molecule has 2 atom stereocenters. The first-order valence-corrected chi connectivity index (χ1v) is 7.46. The van der Waals surface area contributed by atoms with Crippen molar-refractivity contribution < 1.29 is 9.47 Å². The fourth-order valence-electron chi connectivity index (χ4n) is 2.32. The predicted octanol–water partition coefficient (Wildman–Crippen LogP) is 5.11. The zero-order valence-corrected chi connectivity index (χ0v) is 12.8. The van der Waals surface area contributed by atoms with E-state index in [9.17, 15) is 0 Å².